The molecule has 0 spiro atoms. The highest BCUT2D eigenvalue weighted by atomic mass is 32.1. The Hall–Kier alpha value is -0.190. The quantitative estimate of drug-likeness (QED) is 0.697. The van der Waals surface area contributed by atoms with Gasteiger partial charge in [0.2, 0.25) is 0 Å². The lowest BCUT2D eigenvalue weighted by atomic mass is 10.1. The second-order valence-electron chi connectivity index (χ2n) is 4.54. The summed E-state index contributed by atoms with van der Waals surface area (Å²) in [4.78, 5) is 5.27. The molecule has 0 amide bonds. The van der Waals surface area contributed by atoms with E-state index in [1.54, 1.807) is 0 Å². The number of thiocarbonyl (C=S) groups is 1. The molecule has 14 heavy (non-hydrogen) atoms. The molecule has 1 aliphatic heterocycles. The second kappa shape index (κ2) is 4.55. The van der Waals surface area contributed by atoms with Gasteiger partial charge in [-0.25, -0.2) is 0 Å². The highest BCUT2D eigenvalue weighted by Crippen LogP contribution is 2.21. The van der Waals surface area contributed by atoms with Crippen molar-refractivity contribution in [3.8, 4) is 0 Å². The summed E-state index contributed by atoms with van der Waals surface area (Å²) in [6, 6.07) is 0.865. The Morgan fingerprint density at radius 1 is 1.50 bits per heavy atom. The lowest BCUT2D eigenvalue weighted by molar-refractivity contribution is 0.247. The van der Waals surface area contributed by atoms with Crippen LogP contribution in [0.2, 0.25) is 0 Å². The molecule has 0 radical (unpaired) electrons. The highest BCUT2D eigenvalue weighted by Gasteiger charge is 2.33. The van der Waals surface area contributed by atoms with Crippen LogP contribution in [0.3, 0.4) is 0 Å². The molecule has 4 heteroatoms. The van der Waals surface area contributed by atoms with E-state index in [-0.39, 0.29) is 6.04 Å². The first-order valence-corrected chi connectivity index (χ1v) is 5.54. The van der Waals surface area contributed by atoms with E-state index in [9.17, 15) is 0 Å². The van der Waals surface area contributed by atoms with Crippen molar-refractivity contribution >= 4 is 17.2 Å². The first-order chi connectivity index (χ1) is 6.43. The van der Waals surface area contributed by atoms with Crippen molar-refractivity contribution in [2.45, 2.75) is 25.9 Å². The van der Waals surface area contributed by atoms with Gasteiger partial charge in [-0.1, -0.05) is 19.1 Å². The summed E-state index contributed by atoms with van der Waals surface area (Å²) < 4.78 is 0. The number of hydrogen-bond donors (Lipinski definition) is 1. The number of nitrogens with zero attached hydrogens (tertiary/aromatic N) is 2. The molecule has 3 atom stereocenters. The van der Waals surface area contributed by atoms with E-state index in [4.69, 9.17) is 18.0 Å². The average Bonchev–Trinajstić information content (AvgIpc) is 2.45. The maximum Gasteiger partial charge on any atom is 0.0899 e. The van der Waals surface area contributed by atoms with Gasteiger partial charge in [0.15, 0.2) is 0 Å². The van der Waals surface area contributed by atoms with Gasteiger partial charge < -0.3 is 10.6 Å². The summed E-state index contributed by atoms with van der Waals surface area (Å²) >= 11 is 5.02. The van der Waals surface area contributed by atoms with Gasteiger partial charge in [0.05, 0.1) is 11.0 Å². The summed E-state index contributed by atoms with van der Waals surface area (Å²) in [5.74, 6) is 0.696. The Bertz CT molecular complexity index is 217. The van der Waals surface area contributed by atoms with Crippen LogP contribution in [0.1, 0.15) is 13.8 Å². The number of rotatable bonds is 3. The van der Waals surface area contributed by atoms with Crippen molar-refractivity contribution in [1.82, 2.24) is 9.80 Å². The Kier molecular flexibility index (Phi) is 3.86. The van der Waals surface area contributed by atoms with Crippen LogP contribution in [-0.2, 0) is 0 Å². The van der Waals surface area contributed by atoms with Crippen molar-refractivity contribution in [2.24, 2.45) is 11.7 Å². The van der Waals surface area contributed by atoms with E-state index < -0.39 is 0 Å². The maximum atomic E-state index is 5.66. The van der Waals surface area contributed by atoms with Gasteiger partial charge in [-0.05, 0) is 26.9 Å². The molecule has 0 aromatic carbocycles. The molecule has 0 saturated carbocycles. The highest BCUT2D eigenvalue weighted by molar-refractivity contribution is 7.80. The van der Waals surface area contributed by atoms with E-state index >= 15 is 0 Å². The molecule has 2 N–H and O–H groups in total. The fraction of sp³-hybridized carbons (Fsp3) is 0.900. The predicted octanol–water partition coefficient (Wildman–Crippen LogP) is 0.543. The van der Waals surface area contributed by atoms with Gasteiger partial charge in [-0.15, -0.1) is 0 Å². The Morgan fingerprint density at radius 3 is 2.43 bits per heavy atom. The third-order valence-electron chi connectivity index (χ3n) is 3.22. The number of nitrogens with two attached hydrogens (primary N) is 1. The van der Waals surface area contributed by atoms with Crippen molar-refractivity contribution in [1.29, 1.82) is 0 Å². The van der Waals surface area contributed by atoms with E-state index in [1.807, 2.05) is 0 Å². The first-order valence-electron chi connectivity index (χ1n) is 5.13. The van der Waals surface area contributed by atoms with E-state index in [2.05, 4.69) is 37.7 Å². The summed E-state index contributed by atoms with van der Waals surface area (Å²) in [6.45, 7) is 6.55. The van der Waals surface area contributed by atoms with Crippen molar-refractivity contribution in [3.63, 3.8) is 0 Å². The van der Waals surface area contributed by atoms with Gasteiger partial charge in [0.1, 0.15) is 0 Å². The molecule has 1 heterocycles. The lowest BCUT2D eigenvalue weighted by Crippen LogP contribution is -2.42. The summed E-state index contributed by atoms with van der Waals surface area (Å²) in [7, 11) is 4.27. The van der Waals surface area contributed by atoms with E-state index in [0.29, 0.717) is 16.9 Å². The molecule has 0 bridgehead atoms. The van der Waals surface area contributed by atoms with E-state index in [0.717, 1.165) is 13.1 Å². The molecule has 1 fully saturated rings. The molecular formula is C10H21N3S. The van der Waals surface area contributed by atoms with Crippen LogP contribution in [-0.4, -0.2) is 54.1 Å². The minimum atomic E-state index is 0.234. The molecule has 1 rings (SSSR count). The molecule has 0 aliphatic carbocycles. The van der Waals surface area contributed by atoms with E-state index in [1.165, 1.54) is 0 Å². The van der Waals surface area contributed by atoms with Crippen molar-refractivity contribution < 1.29 is 0 Å². The van der Waals surface area contributed by atoms with Crippen LogP contribution >= 0.6 is 12.2 Å². The number of hydrogen-bond acceptors (Lipinski definition) is 3. The third kappa shape index (κ3) is 2.43. The number of likely N-dealkylation sites (N-methyl/N-ethyl adjacent to an activating group) is 1. The SMILES string of the molecule is CC1CN(C(C)C(N)=S)CC1N(C)C. The summed E-state index contributed by atoms with van der Waals surface area (Å²) in [6.07, 6.45) is 0. The minimum absolute atomic E-state index is 0.234. The van der Waals surface area contributed by atoms with Gasteiger partial charge in [0.25, 0.3) is 0 Å². The average molecular weight is 215 g/mol. The van der Waals surface area contributed by atoms with Crippen LogP contribution in [0.25, 0.3) is 0 Å². The molecule has 0 aromatic heterocycles. The smallest absolute Gasteiger partial charge is 0.0899 e. The van der Waals surface area contributed by atoms with Gasteiger partial charge >= 0.3 is 0 Å². The standard InChI is InChI=1S/C10H21N3S/c1-7-5-13(8(2)10(11)14)6-9(7)12(3)4/h7-9H,5-6H2,1-4H3,(H2,11,14). The zero-order valence-corrected chi connectivity index (χ0v) is 10.3. The van der Waals surface area contributed by atoms with Crippen molar-refractivity contribution in [3.05, 3.63) is 0 Å². The van der Waals surface area contributed by atoms with Crippen LogP contribution in [0.5, 0.6) is 0 Å². The lowest BCUT2D eigenvalue weighted by Gasteiger charge is -2.25. The molecule has 0 aromatic rings. The van der Waals surface area contributed by atoms with Gasteiger partial charge in [-0.3, -0.25) is 4.90 Å². The molecule has 3 unspecified atom stereocenters. The zero-order chi connectivity index (χ0) is 10.9. The molecule has 3 nitrogen and oxygen atoms in total. The monoisotopic (exact) mass is 215 g/mol. The van der Waals surface area contributed by atoms with Crippen LogP contribution in [0.15, 0.2) is 0 Å². The zero-order valence-electron chi connectivity index (χ0n) is 9.53. The fourth-order valence-corrected chi connectivity index (χ4v) is 2.30. The summed E-state index contributed by atoms with van der Waals surface area (Å²) in [5, 5.41) is 0. The van der Waals surface area contributed by atoms with Crippen LogP contribution in [0, 0.1) is 5.92 Å². The van der Waals surface area contributed by atoms with Gasteiger partial charge in [-0.2, -0.15) is 0 Å². The number of likely N-dealkylation sites (tertiary alicyclic amines) is 1. The van der Waals surface area contributed by atoms with Crippen LogP contribution < -0.4 is 5.73 Å². The van der Waals surface area contributed by atoms with Crippen molar-refractivity contribution in [2.75, 3.05) is 27.2 Å². The molecule has 1 aliphatic rings. The topological polar surface area (TPSA) is 32.5 Å². The predicted molar refractivity (Wildman–Crippen MR) is 64.5 cm³/mol. The largest absolute Gasteiger partial charge is 0.392 e. The summed E-state index contributed by atoms with van der Waals surface area (Å²) in [5.41, 5.74) is 5.66. The molecule has 1 saturated heterocycles. The molecule has 82 valence electrons. The Morgan fingerprint density at radius 2 is 2.07 bits per heavy atom. The molecular weight excluding hydrogens is 194 g/mol. The second-order valence-corrected chi connectivity index (χ2v) is 5.01. The Balaban J connectivity index is 2.58. The first kappa shape index (κ1) is 11.9. The minimum Gasteiger partial charge on any atom is -0.392 e. The Labute approximate surface area is 92.2 Å². The third-order valence-corrected chi connectivity index (χ3v) is 3.56. The maximum absolute atomic E-state index is 5.66. The normalized spacial score (nSPS) is 30.9. The fourth-order valence-electron chi connectivity index (χ4n) is 2.15. The van der Waals surface area contributed by atoms with Crippen LogP contribution in [0.4, 0.5) is 0 Å². The van der Waals surface area contributed by atoms with Gasteiger partial charge in [0, 0.05) is 19.1 Å².